The number of aryl methyl sites for hydroxylation is 2. The second-order valence-electron chi connectivity index (χ2n) is 5.93. The molecule has 0 atom stereocenters. The van der Waals surface area contributed by atoms with Gasteiger partial charge in [-0.3, -0.25) is 0 Å². The van der Waals surface area contributed by atoms with Gasteiger partial charge in [0.25, 0.3) is 0 Å². The van der Waals surface area contributed by atoms with E-state index >= 15 is 0 Å². The second kappa shape index (κ2) is 7.96. The second-order valence-corrected chi connectivity index (χ2v) is 5.93. The molecule has 2 amide bonds. The quantitative estimate of drug-likeness (QED) is 0.876. The van der Waals surface area contributed by atoms with Gasteiger partial charge in [0.05, 0.1) is 0 Å². The van der Waals surface area contributed by atoms with Crippen LogP contribution in [0.1, 0.15) is 50.4 Å². The first kappa shape index (κ1) is 16.5. The van der Waals surface area contributed by atoms with Crippen molar-refractivity contribution in [3.05, 3.63) is 17.5 Å². The molecule has 1 saturated carbocycles. The average molecular weight is 306 g/mol. The van der Waals surface area contributed by atoms with Crippen LogP contribution in [-0.4, -0.2) is 34.7 Å². The lowest BCUT2D eigenvalue weighted by atomic mass is 9.93. The molecule has 1 fully saturated rings. The van der Waals surface area contributed by atoms with Crippen LogP contribution in [0.3, 0.4) is 0 Å². The standard InChI is InChI=1S/C16H26N4O2/c1-4-9-17-15(21)20-13-5-7-14(8-6-13)22-16-18-11(2)10-12(3)19-16/h10,13-14H,4-9H2,1-3H3,(H2,17,20,21). The number of nitrogens with one attached hydrogen (secondary N) is 2. The van der Waals surface area contributed by atoms with Gasteiger partial charge in [0.2, 0.25) is 0 Å². The predicted octanol–water partition coefficient (Wildman–Crippen LogP) is 2.49. The number of carbonyl (C=O) groups excluding carboxylic acids is 1. The van der Waals surface area contributed by atoms with Crippen LogP contribution in [0.25, 0.3) is 0 Å². The third-order valence-electron chi connectivity index (χ3n) is 3.78. The Morgan fingerprint density at radius 2 is 1.86 bits per heavy atom. The van der Waals surface area contributed by atoms with Crippen molar-refractivity contribution in [2.45, 2.75) is 65.0 Å². The van der Waals surface area contributed by atoms with Crippen molar-refractivity contribution in [1.82, 2.24) is 20.6 Å². The zero-order chi connectivity index (χ0) is 15.9. The van der Waals surface area contributed by atoms with Gasteiger partial charge >= 0.3 is 12.0 Å². The van der Waals surface area contributed by atoms with Crippen molar-refractivity contribution in [2.24, 2.45) is 0 Å². The fraction of sp³-hybridized carbons (Fsp3) is 0.688. The number of urea groups is 1. The van der Waals surface area contributed by atoms with Gasteiger partial charge in [0.15, 0.2) is 0 Å². The van der Waals surface area contributed by atoms with Crippen molar-refractivity contribution < 1.29 is 9.53 Å². The molecule has 22 heavy (non-hydrogen) atoms. The van der Waals surface area contributed by atoms with Crippen molar-refractivity contribution in [3.63, 3.8) is 0 Å². The Balaban J connectivity index is 1.76. The van der Waals surface area contributed by atoms with Gasteiger partial charge in [0.1, 0.15) is 6.10 Å². The Labute approximate surface area is 132 Å². The van der Waals surface area contributed by atoms with Crippen LogP contribution in [0, 0.1) is 13.8 Å². The molecule has 1 aromatic rings. The summed E-state index contributed by atoms with van der Waals surface area (Å²) in [6.07, 6.45) is 4.76. The van der Waals surface area contributed by atoms with E-state index in [2.05, 4.69) is 20.6 Å². The summed E-state index contributed by atoms with van der Waals surface area (Å²) in [5, 5.41) is 5.86. The summed E-state index contributed by atoms with van der Waals surface area (Å²) in [4.78, 5) is 20.3. The number of aromatic nitrogens is 2. The van der Waals surface area contributed by atoms with Gasteiger partial charge in [0, 0.05) is 24.0 Å². The maximum atomic E-state index is 11.6. The molecule has 0 saturated heterocycles. The van der Waals surface area contributed by atoms with Gasteiger partial charge in [-0.15, -0.1) is 0 Å². The van der Waals surface area contributed by atoms with E-state index in [1.54, 1.807) is 0 Å². The highest BCUT2D eigenvalue weighted by Gasteiger charge is 2.24. The van der Waals surface area contributed by atoms with E-state index in [1.807, 2.05) is 26.8 Å². The molecule has 1 heterocycles. The molecule has 0 spiro atoms. The normalized spacial score (nSPS) is 21.2. The van der Waals surface area contributed by atoms with E-state index in [0.29, 0.717) is 12.6 Å². The van der Waals surface area contributed by atoms with Gasteiger partial charge < -0.3 is 15.4 Å². The fourth-order valence-corrected chi connectivity index (χ4v) is 2.70. The molecule has 122 valence electrons. The smallest absolute Gasteiger partial charge is 0.317 e. The average Bonchev–Trinajstić information content (AvgIpc) is 2.46. The maximum Gasteiger partial charge on any atom is 0.317 e. The molecule has 1 aliphatic rings. The van der Waals surface area contributed by atoms with Crippen molar-refractivity contribution in [2.75, 3.05) is 6.54 Å². The summed E-state index contributed by atoms with van der Waals surface area (Å²) in [7, 11) is 0. The van der Waals surface area contributed by atoms with Gasteiger partial charge in [-0.25, -0.2) is 14.8 Å². The van der Waals surface area contributed by atoms with Gasteiger partial charge in [-0.05, 0) is 52.0 Å². The molecular formula is C16H26N4O2. The summed E-state index contributed by atoms with van der Waals surface area (Å²) in [6.45, 7) is 6.64. The van der Waals surface area contributed by atoms with Gasteiger partial charge in [-0.2, -0.15) is 0 Å². The van der Waals surface area contributed by atoms with Crippen LogP contribution >= 0.6 is 0 Å². The van der Waals surface area contributed by atoms with Crippen LogP contribution in [0.2, 0.25) is 0 Å². The number of rotatable bonds is 5. The number of amides is 2. The first-order valence-electron chi connectivity index (χ1n) is 8.10. The predicted molar refractivity (Wildman–Crippen MR) is 85.0 cm³/mol. The first-order valence-corrected chi connectivity index (χ1v) is 8.10. The molecule has 0 aliphatic heterocycles. The molecule has 6 heteroatoms. The van der Waals surface area contributed by atoms with Crippen LogP contribution in [0.4, 0.5) is 4.79 Å². The maximum absolute atomic E-state index is 11.6. The van der Waals surface area contributed by atoms with Crippen LogP contribution in [0.15, 0.2) is 6.07 Å². The van der Waals surface area contributed by atoms with E-state index in [1.165, 1.54) is 0 Å². The molecular weight excluding hydrogens is 280 g/mol. The number of hydrogen-bond acceptors (Lipinski definition) is 4. The fourth-order valence-electron chi connectivity index (χ4n) is 2.70. The first-order chi connectivity index (χ1) is 10.6. The van der Waals surface area contributed by atoms with Crippen molar-refractivity contribution >= 4 is 6.03 Å². The van der Waals surface area contributed by atoms with E-state index in [0.717, 1.165) is 43.5 Å². The largest absolute Gasteiger partial charge is 0.460 e. The zero-order valence-corrected chi connectivity index (χ0v) is 13.7. The Morgan fingerprint density at radius 3 is 2.45 bits per heavy atom. The number of ether oxygens (including phenoxy) is 1. The van der Waals surface area contributed by atoms with Crippen LogP contribution in [0.5, 0.6) is 6.01 Å². The van der Waals surface area contributed by atoms with E-state index in [9.17, 15) is 4.79 Å². The number of carbonyl (C=O) groups is 1. The van der Waals surface area contributed by atoms with Crippen LogP contribution < -0.4 is 15.4 Å². The molecule has 2 N–H and O–H groups in total. The summed E-state index contributed by atoms with van der Waals surface area (Å²) in [5.74, 6) is 0. The molecule has 0 unspecified atom stereocenters. The number of nitrogens with zero attached hydrogens (tertiary/aromatic N) is 2. The third kappa shape index (κ3) is 5.16. The highest BCUT2D eigenvalue weighted by atomic mass is 16.5. The Morgan fingerprint density at radius 1 is 1.23 bits per heavy atom. The van der Waals surface area contributed by atoms with E-state index < -0.39 is 0 Å². The summed E-state index contributed by atoms with van der Waals surface area (Å²) < 4.78 is 5.88. The lowest BCUT2D eigenvalue weighted by Gasteiger charge is -2.29. The van der Waals surface area contributed by atoms with Crippen molar-refractivity contribution in [3.8, 4) is 6.01 Å². The SMILES string of the molecule is CCCNC(=O)NC1CCC(Oc2nc(C)cc(C)n2)CC1. The third-order valence-corrected chi connectivity index (χ3v) is 3.78. The zero-order valence-electron chi connectivity index (χ0n) is 13.7. The van der Waals surface area contributed by atoms with E-state index in [4.69, 9.17) is 4.74 Å². The Kier molecular flexibility index (Phi) is 5.98. The minimum absolute atomic E-state index is 0.0659. The van der Waals surface area contributed by atoms with Crippen molar-refractivity contribution in [1.29, 1.82) is 0 Å². The molecule has 1 aromatic heterocycles. The highest BCUT2D eigenvalue weighted by Crippen LogP contribution is 2.22. The summed E-state index contributed by atoms with van der Waals surface area (Å²) >= 11 is 0. The van der Waals surface area contributed by atoms with Crippen LogP contribution in [-0.2, 0) is 0 Å². The topological polar surface area (TPSA) is 76.1 Å². The molecule has 0 aromatic carbocycles. The molecule has 1 aliphatic carbocycles. The molecule has 0 bridgehead atoms. The lowest BCUT2D eigenvalue weighted by Crippen LogP contribution is -2.44. The Bertz CT molecular complexity index is 479. The van der Waals surface area contributed by atoms with E-state index in [-0.39, 0.29) is 18.2 Å². The monoisotopic (exact) mass is 306 g/mol. The lowest BCUT2D eigenvalue weighted by molar-refractivity contribution is 0.128. The summed E-state index contributed by atoms with van der Waals surface area (Å²) in [6, 6.07) is 2.57. The molecule has 6 nitrogen and oxygen atoms in total. The molecule has 2 rings (SSSR count). The molecule has 0 radical (unpaired) electrons. The summed E-state index contributed by atoms with van der Waals surface area (Å²) in [5.41, 5.74) is 1.84. The highest BCUT2D eigenvalue weighted by molar-refractivity contribution is 5.74. The number of hydrogen-bond donors (Lipinski definition) is 2. The Hall–Kier alpha value is -1.85. The van der Waals surface area contributed by atoms with Gasteiger partial charge in [-0.1, -0.05) is 6.92 Å². The minimum Gasteiger partial charge on any atom is -0.460 e. The minimum atomic E-state index is -0.0659.